The normalized spacial score (nSPS) is 16.4. The molecule has 5 heteroatoms. The molecule has 0 atom stereocenters. The minimum absolute atomic E-state index is 0.0619. The van der Waals surface area contributed by atoms with Gasteiger partial charge in [0, 0.05) is 31.7 Å². The molecule has 0 spiro atoms. The largest absolute Gasteiger partial charge is 0.467 e. The Labute approximate surface area is 166 Å². The monoisotopic (exact) mass is 386 g/mol. The van der Waals surface area contributed by atoms with Gasteiger partial charge in [-0.3, -0.25) is 14.6 Å². The molecule has 0 radical (unpaired) electrons. The Morgan fingerprint density at radius 2 is 1.57 bits per heavy atom. The molecule has 0 aromatic heterocycles. The zero-order valence-corrected chi connectivity index (χ0v) is 16.6. The topological polar surface area (TPSA) is 49.9 Å². The van der Waals surface area contributed by atoms with Crippen molar-refractivity contribution in [3.05, 3.63) is 66.2 Å². The average Bonchev–Trinajstić information content (AvgIpc) is 2.76. The molecule has 1 aliphatic heterocycles. The number of esters is 1. The van der Waals surface area contributed by atoms with Crippen molar-refractivity contribution < 1.29 is 14.3 Å². The van der Waals surface area contributed by atoms with Gasteiger partial charge in [-0.05, 0) is 30.5 Å². The van der Waals surface area contributed by atoms with Crippen LogP contribution in [0.5, 0.6) is 0 Å². The summed E-state index contributed by atoms with van der Waals surface area (Å²) < 4.78 is 5.19. The molecule has 0 bridgehead atoms. The minimum Gasteiger partial charge on any atom is -0.467 e. The molecule has 1 fully saturated rings. The molecule has 0 N–H and O–H groups in total. The number of piperidine rings is 1. The number of anilines is 1. The standard InChI is InChI=1S/C23H28N2O3/c1-3-21(26)25(20-12-8-5-9-13-20)23(22(27)28-2)14-16-24(17-15-23)18-19-10-6-4-7-11-19/h4-13H,3,14-18H2,1-2H3/i5+1,8+1,9+1,12+1,13+1,20+1. The van der Waals surface area contributed by atoms with Crippen molar-refractivity contribution >= 4 is 17.6 Å². The summed E-state index contributed by atoms with van der Waals surface area (Å²) in [5, 5.41) is 0. The maximum atomic E-state index is 13.0. The summed E-state index contributed by atoms with van der Waals surface area (Å²) in [5.41, 5.74) is 1.03. The summed E-state index contributed by atoms with van der Waals surface area (Å²) in [7, 11) is 1.40. The highest BCUT2D eigenvalue weighted by Gasteiger charge is 2.49. The molecule has 1 amide bonds. The zero-order valence-electron chi connectivity index (χ0n) is 16.6. The van der Waals surface area contributed by atoms with E-state index in [2.05, 4.69) is 17.0 Å². The molecule has 5 nitrogen and oxygen atoms in total. The molecule has 1 saturated heterocycles. The Hall–Kier alpha value is -2.66. The van der Waals surface area contributed by atoms with E-state index in [0.717, 1.165) is 25.3 Å². The molecular weight excluding hydrogens is 358 g/mol. The van der Waals surface area contributed by atoms with Crippen molar-refractivity contribution in [1.29, 1.82) is 0 Å². The molecule has 28 heavy (non-hydrogen) atoms. The fourth-order valence-electron chi connectivity index (χ4n) is 4.00. The third kappa shape index (κ3) is 4.09. The van der Waals surface area contributed by atoms with Crippen LogP contribution in [-0.4, -0.2) is 42.5 Å². The van der Waals surface area contributed by atoms with Crippen LogP contribution in [0, 0.1) is 0 Å². The van der Waals surface area contributed by atoms with Crippen LogP contribution in [-0.2, 0) is 20.9 Å². The summed E-state index contributed by atoms with van der Waals surface area (Å²) in [6.45, 7) is 4.12. The van der Waals surface area contributed by atoms with Crippen LogP contribution < -0.4 is 4.90 Å². The lowest BCUT2D eigenvalue weighted by Gasteiger charge is -2.46. The average molecular weight is 386 g/mol. The lowest BCUT2D eigenvalue weighted by atomic mass is 9.85. The second-order valence-electron chi connectivity index (χ2n) is 7.20. The first-order valence-electron chi connectivity index (χ1n) is 9.83. The van der Waals surface area contributed by atoms with Gasteiger partial charge in [-0.2, -0.15) is 0 Å². The third-order valence-electron chi connectivity index (χ3n) is 5.49. The van der Waals surface area contributed by atoms with Crippen molar-refractivity contribution in [3.8, 4) is 0 Å². The van der Waals surface area contributed by atoms with E-state index in [9.17, 15) is 9.59 Å². The van der Waals surface area contributed by atoms with Gasteiger partial charge in [-0.25, -0.2) is 4.79 Å². The lowest BCUT2D eigenvalue weighted by molar-refractivity contribution is -0.151. The summed E-state index contributed by atoms with van der Waals surface area (Å²) >= 11 is 0. The number of rotatable bonds is 6. The van der Waals surface area contributed by atoms with Crippen molar-refractivity contribution in [1.82, 2.24) is 4.90 Å². The molecule has 148 valence electrons. The lowest BCUT2D eigenvalue weighted by Crippen LogP contribution is -2.62. The van der Waals surface area contributed by atoms with Crippen LogP contribution in [0.3, 0.4) is 0 Å². The van der Waals surface area contributed by atoms with Gasteiger partial charge < -0.3 is 4.74 Å². The Bertz CT molecular complexity index is 784. The van der Waals surface area contributed by atoms with E-state index in [0.29, 0.717) is 19.3 Å². The molecule has 0 saturated carbocycles. The predicted octanol–water partition coefficient (Wildman–Crippen LogP) is 3.64. The van der Waals surface area contributed by atoms with Gasteiger partial charge in [0.05, 0.1) is 7.11 Å². The van der Waals surface area contributed by atoms with Crippen molar-refractivity contribution in [2.75, 3.05) is 25.1 Å². The maximum Gasteiger partial charge on any atom is 0.332 e. The molecule has 0 aliphatic carbocycles. The number of para-hydroxylation sites is 1. The number of nitrogens with zero attached hydrogens (tertiary/aromatic N) is 2. The highest BCUT2D eigenvalue weighted by atomic mass is 16.5. The number of carbonyl (C=O) groups excluding carboxylic acids is 2. The van der Waals surface area contributed by atoms with Crippen molar-refractivity contribution in [2.24, 2.45) is 0 Å². The zero-order chi connectivity index (χ0) is 20.0. The van der Waals surface area contributed by atoms with Gasteiger partial charge in [-0.1, -0.05) is 55.5 Å². The van der Waals surface area contributed by atoms with Gasteiger partial charge >= 0.3 is 5.97 Å². The molecule has 1 heterocycles. The van der Waals surface area contributed by atoms with Crippen molar-refractivity contribution in [3.63, 3.8) is 0 Å². The Morgan fingerprint density at radius 1 is 1.00 bits per heavy atom. The van der Waals surface area contributed by atoms with E-state index >= 15 is 0 Å². The number of methoxy groups -OCH3 is 1. The second-order valence-corrected chi connectivity index (χ2v) is 7.20. The quantitative estimate of drug-likeness (QED) is 0.712. The Balaban J connectivity index is 1.87. The number of benzene rings is 2. The molecule has 0 unspecified atom stereocenters. The van der Waals surface area contributed by atoms with Gasteiger partial charge in [0.25, 0.3) is 0 Å². The highest BCUT2D eigenvalue weighted by molar-refractivity contribution is 6.02. The Morgan fingerprint density at radius 3 is 2.11 bits per heavy atom. The maximum absolute atomic E-state index is 13.0. The van der Waals surface area contributed by atoms with Crippen LogP contribution >= 0.6 is 0 Å². The Kier molecular flexibility index (Phi) is 6.47. The van der Waals surface area contributed by atoms with Crippen LogP contribution in [0.25, 0.3) is 0 Å². The minimum atomic E-state index is -0.962. The van der Waals surface area contributed by atoms with E-state index in [1.807, 2.05) is 55.5 Å². The fourth-order valence-corrected chi connectivity index (χ4v) is 4.00. The summed E-state index contributed by atoms with van der Waals surface area (Å²) in [6, 6.07) is 19.8. The predicted molar refractivity (Wildman–Crippen MR) is 110 cm³/mol. The smallest absolute Gasteiger partial charge is 0.332 e. The van der Waals surface area contributed by atoms with Gasteiger partial charge in [0.2, 0.25) is 5.91 Å². The van der Waals surface area contributed by atoms with E-state index < -0.39 is 5.54 Å². The summed E-state index contributed by atoms with van der Waals surface area (Å²) in [6.07, 6.45) is 1.43. The highest BCUT2D eigenvalue weighted by Crippen LogP contribution is 2.35. The van der Waals surface area contributed by atoms with Gasteiger partial charge in [-0.15, -0.1) is 0 Å². The van der Waals surface area contributed by atoms with Crippen LogP contribution in [0.2, 0.25) is 0 Å². The number of carbonyl (C=O) groups is 2. The van der Waals surface area contributed by atoms with Crippen LogP contribution in [0.15, 0.2) is 60.7 Å². The molecule has 1 aliphatic rings. The van der Waals surface area contributed by atoms with Gasteiger partial charge in [0.1, 0.15) is 5.54 Å². The van der Waals surface area contributed by atoms with Crippen molar-refractivity contribution in [2.45, 2.75) is 38.3 Å². The molecule has 2 aromatic rings. The first-order valence-corrected chi connectivity index (χ1v) is 9.83. The van der Waals surface area contributed by atoms with E-state index in [1.165, 1.54) is 12.7 Å². The first kappa shape index (κ1) is 20.1. The van der Waals surface area contributed by atoms with E-state index in [-0.39, 0.29) is 11.9 Å². The second kappa shape index (κ2) is 9.02. The SMILES string of the molecule is CCC(=O)N([13c]1[13cH][13cH][13cH][13cH][13cH]1)C1(C(=O)OC)CCN(Cc2ccccc2)CC1. The van der Waals surface area contributed by atoms with E-state index in [4.69, 9.17) is 4.74 Å². The van der Waals surface area contributed by atoms with E-state index in [1.54, 1.807) is 4.90 Å². The number of ether oxygens (including phenoxy) is 1. The third-order valence-corrected chi connectivity index (χ3v) is 5.49. The summed E-state index contributed by atoms with van der Waals surface area (Å²) in [4.78, 5) is 29.9. The molecular formula is C23H28N2O3. The summed E-state index contributed by atoms with van der Waals surface area (Å²) in [5.74, 6) is -0.398. The number of amides is 1. The van der Waals surface area contributed by atoms with Crippen LogP contribution in [0.4, 0.5) is 5.69 Å². The number of hydrogen-bond donors (Lipinski definition) is 0. The fraction of sp³-hybridized carbons (Fsp3) is 0.391. The van der Waals surface area contributed by atoms with Gasteiger partial charge in [0.15, 0.2) is 0 Å². The molecule has 2 aromatic carbocycles. The van der Waals surface area contributed by atoms with Crippen LogP contribution in [0.1, 0.15) is 31.7 Å². The number of likely N-dealkylation sites (tertiary alicyclic amines) is 1. The first-order chi connectivity index (χ1) is 13.6. The molecule has 3 rings (SSSR count). The number of hydrogen-bond acceptors (Lipinski definition) is 4.